The fourth-order valence-electron chi connectivity index (χ4n) is 4.02. The van der Waals surface area contributed by atoms with E-state index in [0.717, 1.165) is 29.0 Å². The number of nitrogens with one attached hydrogen (secondary N) is 1. The van der Waals surface area contributed by atoms with Gasteiger partial charge in [-0.3, -0.25) is 9.36 Å². The number of hydrogen-bond acceptors (Lipinski definition) is 4. The van der Waals surface area contributed by atoms with Gasteiger partial charge >= 0.3 is 0 Å². The Bertz CT molecular complexity index is 769. The van der Waals surface area contributed by atoms with Crippen LogP contribution in [0, 0.1) is 0 Å². The first-order chi connectivity index (χ1) is 11.2. The molecular formula is C18H25N3OS. The van der Waals surface area contributed by atoms with Crippen LogP contribution in [-0.4, -0.2) is 15.6 Å². The van der Waals surface area contributed by atoms with Gasteiger partial charge in [-0.05, 0) is 44.1 Å². The zero-order valence-corrected chi connectivity index (χ0v) is 14.7. The van der Waals surface area contributed by atoms with Crippen LogP contribution >= 0.6 is 11.3 Å². The van der Waals surface area contributed by atoms with Gasteiger partial charge in [0.05, 0.1) is 5.39 Å². The van der Waals surface area contributed by atoms with Crippen LogP contribution in [0.4, 0.5) is 5.95 Å². The van der Waals surface area contributed by atoms with Crippen LogP contribution < -0.4 is 10.9 Å². The molecule has 4 nitrogen and oxygen atoms in total. The van der Waals surface area contributed by atoms with Gasteiger partial charge in [0.15, 0.2) is 0 Å². The highest BCUT2D eigenvalue weighted by Gasteiger charge is 2.22. The van der Waals surface area contributed by atoms with E-state index >= 15 is 0 Å². The van der Waals surface area contributed by atoms with E-state index in [1.54, 1.807) is 15.9 Å². The van der Waals surface area contributed by atoms with Gasteiger partial charge in [0.25, 0.3) is 5.56 Å². The lowest BCUT2D eigenvalue weighted by molar-refractivity contribution is 0.608. The Morgan fingerprint density at radius 1 is 1.09 bits per heavy atom. The summed E-state index contributed by atoms with van der Waals surface area (Å²) >= 11 is 1.74. The molecular weight excluding hydrogens is 306 g/mol. The third kappa shape index (κ3) is 2.80. The molecule has 0 amide bonds. The van der Waals surface area contributed by atoms with Gasteiger partial charge in [-0.15, -0.1) is 11.3 Å². The molecule has 0 bridgehead atoms. The predicted molar refractivity (Wildman–Crippen MR) is 96.6 cm³/mol. The minimum atomic E-state index is 0.130. The zero-order valence-electron chi connectivity index (χ0n) is 13.9. The standard InChI is InChI=1S/C18H25N3OS/c1-21-17(22)15-13-10-6-7-11-14(13)23-16(15)20-18(21)19-12-8-4-2-3-5-9-12/h12H,2-11H2,1H3,(H,19,20). The molecule has 0 aliphatic heterocycles. The molecule has 2 aromatic rings. The van der Waals surface area contributed by atoms with Crippen molar-refractivity contribution in [3.8, 4) is 0 Å². The maximum absolute atomic E-state index is 12.9. The van der Waals surface area contributed by atoms with Crippen molar-refractivity contribution in [3.63, 3.8) is 0 Å². The van der Waals surface area contributed by atoms with Gasteiger partial charge in [0, 0.05) is 18.0 Å². The lowest BCUT2D eigenvalue weighted by atomic mass is 9.97. The Hall–Kier alpha value is -1.36. The topological polar surface area (TPSA) is 46.9 Å². The van der Waals surface area contributed by atoms with Crippen molar-refractivity contribution in [2.75, 3.05) is 5.32 Å². The summed E-state index contributed by atoms with van der Waals surface area (Å²) in [5.41, 5.74) is 1.41. The van der Waals surface area contributed by atoms with Crippen LogP contribution in [0.5, 0.6) is 0 Å². The van der Waals surface area contributed by atoms with Crippen molar-refractivity contribution in [2.24, 2.45) is 7.05 Å². The van der Waals surface area contributed by atoms with E-state index in [0.29, 0.717) is 6.04 Å². The van der Waals surface area contributed by atoms with Crippen molar-refractivity contribution < 1.29 is 0 Å². The van der Waals surface area contributed by atoms with Crippen LogP contribution in [0.25, 0.3) is 10.2 Å². The molecule has 0 spiro atoms. The normalized spacial score (nSPS) is 19.5. The van der Waals surface area contributed by atoms with Crippen molar-refractivity contribution >= 4 is 27.5 Å². The second kappa shape index (κ2) is 6.27. The highest BCUT2D eigenvalue weighted by atomic mass is 32.1. The van der Waals surface area contributed by atoms with E-state index in [1.807, 2.05) is 7.05 Å². The highest BCUT2D eigenvalue weighted by Crippen LogP contribution is 2.34. The molecule has 0 aromatic carbocycles. The van der Waals surface area contributed by atoms with E-state index in [1.165, 1.54) is 61.8 Å². The molecule has 0 saturated heterocycles. The van der Waals surface area contributed by atoms with E-state index in [9.17, 15) is 4.79 Å². The fraction of sp³-hybridized carbons (Fsp3) is 0.667. The van der Waals surface area contributed by atoms with E-state index in [4.69, 9.17) is 4.98 Å². The molecule has 0 radical (unpaired) electrons. The number of fused-ring (bicyclic) bond motifs is 3. The number of rotatable bonds is 2. The van der Waals surface area contributed by atoms with Crippen molar-refractivity contribution in [1.29, 1.82) is 0 Å². The first-order valence-corrected chi connectivity index (χ1v) is 9.83. The number of hydrogen-bond donors (Lipinski definition) is 1. The molecule has 1 N–H and O–H groups in total. The van der Waals surface area contributed by atoms with Gasteiger partial charge in [0.1, 0.15) is 4.83 Å². The number of aromatic nitrogens is 2. The summed E-state index contributed by atoms with van der Waals surface area (Å²) in [6.45, 7) is 0. The van der Waals surface area contributed by atoms with Gasteiger partial charge in [-0.25, -0.2) is 4.98 Å². The summed E-state index contributed by atoms with van der Waals surface area (Å²) in [5.74, 6) is 0.757. The first-order valence-electron chi connectivity index (χ1n) is 9.02. The molecule has 2 aromatic heterocycles. The molecule has 2 heterocycles. The Morgan fingerprint density at radius 2 is 1.83 bits per heavy atom. The quantitative estimate of drug-likeness (QED) is 0.846. The molecule has 0 unspecified atom stereocenters. The van der Waals surface area contributed by atoms with E-state index in [-0.39, 0.29) is 5.56 Å². The molecule has 4 rings (SSSR count). The third-order valence-corrected chi connectivity index (χ3v) is 6.57. The van der Waals surface area contributed by atoms with Gasteiger partial charge in [-0.2, -0.15) is 0 Å². The lowest BCUT2D eigenvalue weighted by Gasteiger charge is -2.18. The lowest BCUT2D eigenvalue weighted by Crippen LogP contribution is -2.27. The highest BCUT2D eigenvalue weighted by molar-refractivity contribution is 7.18. The van der Waals surface area contributed by atoms with Crippen LogP contribution in [0.15, 0.2) is 4.79 Å². The molecule has 2 aliphatic rings. The summed E-state index contributed by atoms with van der Waals surface area (Å²) in [4.78, 5) is 20.0. The average molecular weight is 331 g/mol. The SMILES string of the molecule is Cn1c(NC2CCCCCC2)nc2sc3c(c2c1=O)CCCC3. The number of anilines is 1. The third-order valence-electron chi connectivity index (χ3n) is 5.38. The summed E-state index contributed by atoms with van der Waals surface area (Å²) in [5, 5.41) is 4.45. The second-order valence-corrected chi connectivity index (χ2v) is 8.11. The largest absolute Gasteiger partial charge is 0.353 e. The number of nitrogens with zero attached hydrogens (tertiary/aromatic N) is 2. The summed E-state index contributed by atoms with van der Waals surface area (Å²) < 4.78 is 1.73. The monoisotopic (exact) mass is 331 g/mol. The molecule has 1 saturated carbocycles. The summed E-state index contributed by atoms with van der Waals surface area (Å²) in [7, 11) is 1.86. The van der Waals surface area contributed by atoms with Crippen molar-refractivity contribution in [2.45, 2.75) is 70.3 Å². The Labute approximate surface area is 140 Å². The fourth-order valence-corrected chi connectivity index (χ4v) is 5.27. The minimum Gasteiger partial charge on any atom is -0.353 e. The molecule has 23 heavy (non-hydrogen) atoms. The molecule has 2 aliphatic carbocycles. The molecule has 124 valence electrons. The van der Waals surface area contributed by atoms with Crippen LogP contribution in [0.1, 0.15) is 61.8 Å². The van der Waals surface area contributed by atoms with Gasteiger partial charge in [-0.1, -0.05) is 25.7 Å². The predicted octanol–water partition coefficient (Wildman–Crippen LogP) is 4.01. The van der Waals surface area contributed by atoms with E-state index in [2.05, 4.69) is 5.32 Å². The maximum Gasteiger partial charge on any atom is 0.263 e. The van der Waals surface area contributed by atoms with Crippen molar-refractivity contribution in [3.05, 3.63) is 20.8 Å². The molecule has 0 atom stereocenters. The van der Waals surface area contributed by atoms with Crippen LogP contribution in [0.3, 0.4) is 0 Å². The minimum absolute atomic E-state index is 0.130. The number of aryl methyl sites for hydroxylation is 2. The second-order valence-electron chi connectivity index (χ2n) is 7.02. The average Bonchev–Trinajstić information content (AvgIpc) is 2.73. The smallest absolute Gasteiger partial charge is 0.263 e. The van der Waals surface area contributed by atoms with Crippen LogP contribution in [-0.2, 0) is 19.9 Å². The maximum atomic E-state index is 12.9. The summed E-state index contributed by atoms with van der Waals surface area (Å²) in [6, 6.07) is 0.461. The molecule has 1 fully saturated rings. The Kier molecular flexibility index (Phi) is 4.14. The molecule has 5 heteroatoms. The van der Waals surface area contributed by atoms with E-state index < -0.39 is 0 Å². The van der Waals surface area contributed by atoms with Crippen LogP contribution in [0.2, 0.25) is 0 Å². The van der Waals surface area contributed by atoms with Crippen molar-refractivity contribution in [1.82, 2.24) is 9.55 Å². The Morgan fingerprint density at radius 3 is 2.61 bits per heavy atom. The zero-order chi connectivity index (χ0) is 15.8. The Balaban J connectivity index is 1.73. The van der Waals surface area contributed by atoms with Gasteiger partial charge < -0.3 is 5.32 Å². The van der Waals surface area contributed by atoms with Gasteiger partial charge in [0.2, 0.25) is 5.95 Å². The number of thiophene rings is 1. The summed E-state index contributed by atoms with van der Waals surface area (Å²) in [6.07, 6.45) is 12.2. The first kappa shape index (κ1) is 15.2.